The molecule has 3 aromatic rings. The van der Waals surface area contributed by atoms with Gasteiger partial charge in [-0.1, -0.05) is 35.1 Å². The Kier molecular flexibility index (Phi) is 7.48. The second-order valence-corrected chi connectivity index (χ2v) is 11.5. The summed E-state index contributed by atoms with van der Waals surface area (Å²) in [5, 5.41) is 8.02. The van der Waals surface area contributed by atoms with Crippen molar-refractivity contribution in [2.24, 2.45) is 0 Å². The smallest absolute Gasteiger partial charge is 0.327 e. The van der Waals surface area contributed by atoms with Gasteiger partial charge in [0.05, 0.1) is 37.6 Å². The number of urea groups is 1. The number of ether oxygens (including phenoxy) is 1. The molecule has 34 heavy (non-hydrogen) atoms. The number of amides is 3. The number of nitrogens with one attached hydrogen (secondary N) is 3. The molecule has 0 saturated heterocycles. The third kappa shape index (κ3) is 5.39. The minimum absolute atomic E-state index is 0.171. The van der Waals surface area contributed by atoms with Crippen LogP contribution in [0.15, 0.2) is 47.4 Å². The van der Waals surface area contributed by atoms with Crippen LogP contribution in [0, 0.1) is 0 Å². The van der Waals surface area contributed by atoms with E-state index in [1.165, 1.54) is 12.1 Å². The maximum atomic E-state index is 13.0. The summed E-state index contributed by atoms with van der Waals surface area (Å²) in [7, 11) is -1.85. The molecule has 0 radical (unpaired) electrons. The number of hydrogen-bond acceptors (Lipinski definition) is 8. The number of benzene rings is 2. The van der Waals surface area contributed by atoms with Gasteiger partial charge in [0.15, 0.2) is 15.0 Å². The van der Waals surface area contributed by atoms with Crippen LogP contribution in [-0.2, 0) is 14.6 Å². The molecule has 1 saturated carbocycles. The Hall–Kier alpha value is -2.57. The van der Waals surface area contributed by atoms with Crippen LogP contribution >= 0.6 is 22.9 Å². The Morgan fingerprint density at radius 2 is 1.97 bits per heavy atom. The number of anilines is 1. The Labute approximate surface area is 205 Å². The third-order valence-electron chi connectivity index (χ3n) is 5.53. The topological polar surface area (TPSA) is 126 Å². The lowest BCUT2D eigenvalue weighted by atomic mass is 9.92. The molecule has 1 heterocycles. The van der Waals surface area contributed by atoms with Gasteiger partial charge in [-0.25, -0.2) is 18.2 Å². The van der Waals surface area contributed by atoms with Crippen molar-refractivity contribution in [1.82, 2.24) is 15.6 Å². The van der Waals surface area contributed by atoms with Crippen molar-refractivity contribution in [3.05, 3.63) is 53.1 Å². The predicted octanol–water partition coefficient (Wildman–Crippen LogP) is 3.45. The number of thiazole rings is 1. The first-order valence-corrected chi connectivity index (χ1v) is 13.3. The molecule has 3 N–H and O–H groups in total. The number of fused-ring (bicyclic) bond motifs is 1. The van der Waals surface area contributed by atoms with Crippen LogP contribution in [0.2, 0.25) is 5.02 Å². The Morgan fingerprint density at radius 1 is 1.21 bits per heavy atom. The number of carbonyl (C=O) groups excluding carboxylic acids is 2. The highest BCUT2D eigenvalue weighted by Crippen LogP contribution is 2.34. The third-order valence-corrected chi connectivity index (χ3v) is 8.96. The van der Waals surface area contributed by atoms with Crippen molar-refractivity contribution in [3.63, 3.8) is 0 Å². The van der Waals surface area contributed by atoms with Crippen LogP contribution in [0.4, 0.5) is 9.93 Å². The highest BCUT2D eigenvalue weighted by molar-refractivity contribution is 7.92. The summed E-state index contributed by atoms with van der Waals surface area (Å²) < 4.78 is 31.6. The molecular formula is C22H23ClN4O5S2. The summed E-state index contributed by atoms with van der Waals surface area (Å²) >= 11 is 7.10. The Morgan fingerprint density at radius 3 is 2.71 bits per heavy atom. The van der Waals surface area contributed by atoms with E-state index in [0.29, 0.717) is 36.2 Å². The summed E-state index contributed by atoms with van der Waals surface area (Å²) in [5.41, 5.74) is 0.718. The quantitative estimate of drug-likeness (QED) is 0.387. The molecule has 0 atom stereocenters. The van der Waals surface area contributed by atoms with Gasteiger partial charge in [-0.3, -0.25) is 15.4 Å². The van der Waals surface area contributed by atoms with Crippen molar-refractivity contribution in [3.8, 4) is 0 Å². The summed E-state index contributed by atoms with van der Waals surface area (Å²) in [5.74, 6) is -0.645. The van der Waals surface area contributed by atoms with E-state index in [-0.39, 0.29) is 26.7 Å². The maximum absolute atomic E-state index is 13.0. The molecule has 12 heteroatoms. The molecule has 4 rings (SSSR count). The zero-order valence-corrected chi connectivity index (χ0v) is 20.6. The Bertz CT molecular complexity index is 1320. The normalized spacial score (nSPS) is 17.8. The summed E-state index contributed by atoms with van der Waals surface area (Å²) in [4.78, 5) is 29.0. The van der Waals surface area contributed by atoms with E-state index in [0.717, 1.165) is 11.3 Å². The number of nitrogens with zero attached hydrogens (tertiary/aromatic N) is 1. The number of sulfone groups is 1. The highest BCUT2D eigenvalue weighted by atomic mass is 35.5. The van der Waals surface area contributed by atoms with Gasteiger partial charge in [-0.2, -0.15) is 0 Å². The SMILES string of the molecule is COCCNC1CC(S(=O)(=O)c2ccc3nc(NC(=O)NC(=O)c4ccccc4Cl)sc3c2)C1. The molecule has 9 nitrogen and oxygen atoms in total. The lowest BCUT2D eigenvalue weighted by molar-refractivity contribution is 0.0967. The molecule has 1 fully saturated rings. The van der Waals surface area contributed by atoms with Crippen LogP contribution in [-0.4, -0.2) is 56.9 Å². The summed E-state index contributed by atoms with van der Waals surface area (Å²) in [6, 6.07) is 10.5. The summed E-state index contributed by atoms with van der Waals surface area (Å²) in [6.45, 7) is 1.27. The van der Waals surface area contributed by atoms with Crippen molar-refractivity contribution in [2.75, 3.05) is 25.6 Å². The van der Waals surface area contributed by atoms with Gasteiger partial charge >= 0.3 is 6.03 Å². The minimum atomic E-state index is -3.47. The standard InChI is InChI=1S/C22H23ClN4O5S2/c1-32-9-8-24-13-10-15(11-13)34(30,31)14-6-7-18-19(12-14)33-22(25-18)27-21(29)26-20(28)16-4-2-3-5-17(16)23/h2-7,12-13,15,24H,8-11H2,1H3,(H2,25,26,27,28,29). The first-order valence-electron chi connectivity index (χ1n) is 10.5. The summed E-state index contributed by atoms with van der Waals surface area (Å²) in [6.07, 6.45) is 1.11. The molecular weight excluding hydrogens is 500 g/mol. The van der Waals surface area contributed by atoms with E-state index in [9.17, 15) is 18.0 Å². The second kappa shape index (κ2) is 10.4. The van der Waals surface area contributed by atoms with Gasteiger partial charge in [-0.05, 0) is 43.2 Å². The molecule has 3 amide bonds. The van der Waals surface area contributed by atoms with Gasteiger partial charge < -0.3 is 10.1 Å². The van der Waals surface area contributed by atoms with Crippen LogP contribution < -0.4 is 16.0 Å². The Balaban J connectivity index is 1.40. The highest BCUT2D eigenvalue weighted by Gasteiger charge is 2.39. The second-order valence-electron chi connectivity index (χ2n) is 7.82. The van der Waals surface area contributed by atoms with E-state index >= 15 is 0 Å². The molecule has 1 aromatic heterocycles. The van der Waals surface area contributed by atoms with E-state index in [2.05, 4.69) is 20.9 Å². The number of methoxy groups -OCH3 is 1. The van der Waals surface area contributed by atoms with E-state index in [4.69, 9.17) is 16.3 Å². The zero-order valence-electron chi connectivity index (χ0n) is 18.2. The number of carbonyl (C=O) groups is 2. The fourth-order valence-corrected chi connectivity index (χ4v) is 6.72. The van der Waals surface area contributed by atoms with Gasteiger partial charge in [0.25, 0.3) is 5.91 Å². The number of imide groups is 1. The maximum Gasteiger partial charge on any atom is 0.327 e. The monoisotopic (exact) mass is 522 g/mol. The number of rotatable bonds is 8. The average Bonchev–Trinajstić information content (AvgIpc) is 3.16. The zero-order chi connectivity index (χ0) is 24.3. The van der Waals surface area contributed by atoms with Gasteiger partial charge in [0.1, 0.15) is 0 Å². The fourth-order valence-electron chi connectivity index (χ4n) is 3.62. The van der Waals surface area contributed by atoms with E-state index in [1.807, 2.05) is 0 Å². The van der Waals surface area contributed by atoms with Crippen LogP contribution in [0.5, 0.6) is 0 Å². The molecule has 180 valence electrons. The lowest BCUT2D eigenvalue weighted by Crippen LogP contribution is -2.48. The largest absolute Gasteiger partial charge is 0.383 e. The molecule has 0 bridgehead atoms. The number of aromatic nitrogens is 1. The van der Waals surface area contributed by atoms with Crippen LogP contribution in [0.25, 0.3) is 10.2 Å². The van der Waals surface area contributed by atoms with Gasteiger partial charge in [0, 0.05) is 19.7 Å². The number of hydrogen-bond donors (Lipinski definition) is 3. The lowest BCUT2D eigenvalue weighted by Gasteiger charge is -2.35. The minimum Gasteiger partial charge on any atom is -0.383 e. The van der Waals surface area contributed by atoms with Crippen molar-refractivity contribution in [2.45, 2.75) is 29.0 Å². The molecule has 0 unspecified atom stereocenters. The van der Waals surface area contributed by atoms with Crippen LogP contribution in [0.1, 0.15) is 23.2 Å². The molecule has 1 aliphatic rings. The molecule has 1 aliphatic carbocycles. The van der Waals surface area contributed by atoms with Crippen LogP contribution in [0.3, 0.4) is 0 Å². The van der Waals surface area contributed by atoms with E-state index < -0.39 is 27.0 Å². The molecule has 0 aliphatic heterocycles. The van der Waals surface area contributed by atoms with Crippen molar-refractivity contribution in [1.29, 1.82) is 0 Å². The van der Waals surface area contributed by atoms with Crippen molar-refractivity contribution < 1.29 is 22.7 Å². The molecule has 0 spiro atoms. The average molecular weight is 523 g/mol. The first kappa shape index (κ1) is 24.6. The molecule has 2 aromatic carbocycles. The predicted molar refractivity (Wildman–Crippen MR) is 131 cm³/mol. The van der Waals surface area contributed by atoms with E-state index in [1.54, 1.807) is 37.4 Å². The number of halogens is 1. The van der Waals surface area contributed by atoms with Gasteiger partial charge in [0.2, 0.25) is 0 Å². The van der Waals surface area contributed by atoms with Crippen molar-refractivity contribution >= 4 is 60.1 Å². The van der Waals surface area contributed by atoms with Gasteiger partial charge in [-0.15, -0.1) is 0 Å². The first-order chi connectivity index (χ1) is 16.3. The fraction of sp³-hybridized carbons (Fsp3) is 0.318.